The molecule has 3 heterocycles. The first kappa shape index (κ1) is 17.8. The van der Waals surface area contributed by atoms with Crippen LogP contribution in [0.5, 0.6) is 0 Å². The Morgan fingerprint density at radius 3 is 2.52 bits per heavy atom. The van der Waals surface area contributed by atoms with E-state index in [1.807, 2.05) is 64.4 Å². The highest BCUT2D eigenvalue weighted by Gasteiger charge is 2.41. The van der Waals surface area contributed by atoms with Crippen LogP contribution in [0.15, 0.2) is 54.6 Å². The minimum absolute atomic E-state index is 0.0394. The summed E-state index contributed by atoms with van der Waals surface area (Å²) in [5.41, 5.74) is 2.72. The summed E-state index contributed by atoms with van der Waals surface area (Å²) in [5.74, 6) is 0.223. The van der Waals surface area contributed by atoms with E-state index >= 15 is 0 Å². The van der Waals surface area contributed by atoms with Gasteiger partial charge in [-0.15, -0.1) is 0 Å². The van der Waals surface area contributed by atoms with E-state index in [0.29, 0.717) is 13.1 Å². The molecule has 27 heavy (non-hydrogen) atoms. The van der Waals surface area contributed by atoms with Gasteiger partial charge in [-0.1, -0.05) is 55.5 Å². The maximum Gasteiger partial charge on any atom is 0.254 e. The minimum atomic E-state index is -0.0527. The van der Waals surface area contributed by atoms with Crippen molar-refractivity contribution in [2.45, 2.75) is 32.2 Å². The fraction of sp³-hybridized carbons (Fsp3) is 0.391. The van der Waals surface area contributed by atoms with E-state index in [2.05, 4.69) is 6.92 Å². The number of benzene rings is 2. The van der Waals surface area contributed by atoms with Gasteiger partial charge in [-0.25, -0.2) is 0 Å². The molecule has 4 heteroatoms. The topological polar surface area (TPSA) is 40.6 Å². The summed E-state index contributed by atoms with van der Waals surface area (Å²) < 4.78 is 0. The van der Waals surface area contributed by atoms with Crippen LogP contribution < -0.4 is 0 Å². The lowest BCUT2D eigenvalue weighted by Gasteiger charge is -2.35. The van der Waals surface area contributed by atoms with E-state index in [9.17, 15) is 9.59 Å². The number of carbonyl (C=O) groups excluding carboxylic acids is 2. The van der Waals surface area contributed by atoms with Crippen molar-refractivity contribution >= 4 is 11.8 Å². The smallest absolute Gasteiger partial charge is 0.254 e. The highest BCUT2D eigenvalue weighted by Crippen LogP contribution is 2.31. The average molecular weight is 362 g/mol. The predicted molar refractivity (Wildman–Crippen MR) is 106 cm³/mol. The van der Waals surface area contributed by atoms with Gasteiger partial charge in [0, 0.05) is 31.2 Å². The molecule has 2 amide bonds. The monoisotopic (exact) mass is 362 g/mol. The molecule has 3 aliphatic rings. The molecule has 3 saturated heterocycles. The molecular weight excluding hydrogens is 336 g/mol. The van der Waals surface area contributed by atoms with Crippen LogP contribution in [-0.4, -0.2) is 47.3 Å². The number of fused-ring (bicyclic) bond motifs is 4. The lowest BCUT2D eigenvalue weighted by atomic mass is 9.94. The van der Waals surface area contributed by atoms with Gasteiger partial charge >= 0.3 is 0 Å². The van der Waals surface area contributed by atoms with Crippen LogP contribution in [0.25, 0.3) is 11.1 Å². The molecule has 4 nitrogen and oxygen atoms in total. The number of piperidine rings is 1. The van der Waals surface area contributed by atoms with Gasteiger partial charge in [0.2, 0.25) is 5.91 Å². The third-order valence-electron chi connectivity index (χ3n) is 5.79. The molecule has 2 aromatic carbocycles. The van der Waals surface area contributed by atoms with Crippen molar-refractivity contribution in [2.24, 2.45) is 5.92 Å². The van der Waals surface area contributed by atoms with E-state index < -0.39 is 0 Å². The first-order valence-corrected chi connectivity index (χ1v) is 9.93. The number of hydrogen-bond donors (Lipinski definition) is 0. The molecular formula is C23H26N2O2. The molecule has 2 aromatic rings. The van der Waals surface area contributed by atoms with Crippen LogP contribution in [0.2, 0.25) is 0 Å². The highest BCUT2D eigenvalue weighted by molar-refractivity contribution is 6.01. The molecule has 0 radical (unpaired) electrons. The maximum atomic E-state index is 13.4. The Kier molecular flexibility index (Phi) is 4.97. The first-order chi connectivity index (χ1) is 13.2. The predicted octanol–water partition coefficient (Wildman–Crippen LogP) is 3.83. The minimum Gasteiger partial charge on any atom is -0.338 e. The fourth-order valence-corrected chi connectivity index (χ4v) is 4.45. The molecule has 0 aromatic heterocycles. The summed E-state index contributed by atoms with van der Waals surface area (Å²) in [5, 5.41) is 0. The van der Waals surface area contributed by atoms with E-state index in [4.69, 9.17) is 0 Å². The molecule has 0 unspecified atom stereocenters. The summed E-state index contributed by atoms with van der Waals surface area (Å²) in [4.78, 5) is 30.1. The van der Waals surface area contributed by atoms with E-state index in [-0.39, 0.29) is 23.8 Å². The van der Waals surface area contributed by atoms with Crippen molar-refractivity contribution < 1.29 is 9.59 Å². The molecule has 0 saturated carbocycles. The Bertz CT molecular complexity index is 833. The van der Waals surface area contributed by atoms with Crippen LogP contribution in [0, 0.1) is 5.92 Å². The SMILES string of the molecule is CCCN1C(=O)[C@@H]2CC[C@H]1CN(C(=O)c1ccccc1-c1ccccc1)C2. The molecule has 3 fully saturated rings. The lowest BCUT2D eigenvalue weighted by molar-refractivity contribution is -0.139. The molecule has 0 spiro atoms. The maximum absolute atomic E-state index is 13.4. The normalized spacial score (nSPS) is 22.0. The van der Waals surface area contributed by atoms with Crippen molar-refractivity contribution in [1.82, 2.24) is 9.80 Å². The van der Waals surface area contributed by atoms with Crippen molar-refractivity contribution in [2.75, 3.05) is 19.6 Å². The van der Waals surface area contributed by atoms with Crippen molar-refractivity contribution in [3.63, 3.8) is 0 Å². The van der Waals surface area contributed by atoms with E-state index in [1.165, 1.54) is 0 Å². The zero-order valence-corrected chi connectivity index (χ0v) is 15.8. The molecule has 3 aliphatic heterocycles. The first-order valence-electron chi connectivity index (χ1n) is 9.93. The molecule has 2 atom stereocenters. The molecule has 2 bridgehead atoms. The van der Waals surface area contributed by atoms with Gasteiger partial charge in [0.25, 0.3) is 5.91 Å². The van der Waals surface area contributed by atoms with Gasteiger partial charge in [0.15, 0.2) is 0 Å². The van der Waals surface area contributed by atoms with Crippen molar-refractivity contribution in [3.05, 3.63) is 60.2 Å². The average Bonchev–Trinajstić information content (AvgIpc) is 3.01. The standard InChI is InChI=1S/C23H26N2O2/c1-2-14-25-19-13-12-18(22(25)26)15-24(16-19)23(27)21-11-7-6-10-20(21)17-8-4-3-5-9-17/h3-11,18-19H,2,12-16H2,1H3/t18-,19+/m1/s1. The Labute approximate surface area is 160 Å². The largest absolute Gasteiger partial charge is 0.338 e. The zero-order chi connectivity index (χ0) is 18.8. The van der Waals surface area contributed by atoms with Gasteiger partial charge in [0.05, 0.1) is 5.92 Å². The summed E-state index contributed by atoms with van der Waals surface area (Å²) in [6.07, 6.45) is 2.86. The molecule has 140 valence electrons. The molecule has 5 rings (SSSR count). The van der Waals surface area contributed by atoms with Crippen LogP contribution in [0.1, 0.15) is 36.5 Å². The van der Waals surface area contributed by atoms with Gasteiger partial charge in [0.1, 0.15) is 0 Å². The van der Waals surface area contributed by atoms with Crippen molar-refractivity contribution in [3.8, 4) is 11.1 Å². The summed E-state index contributed by atoms with van der Waals surface area (Å²) >= 11 is 0. The fourth-order valence-electron chi connectivity index (χ4n) is 4.45. The van der Waals surface area contributed by atoms with Gasteiger partial charge < -0.3 is 9.80 Å². The second kappa shape index (κ2) is 7.55. The van der Waals surface area contributed by atoms with Crippen LogP contribution >= 0.6 is 0 Å². The number of carbonyl (C=O) groups is 2. The van der Waals surface area contributed by atoms with Crippen LogP contribution in [0.3, 0.4) is 0 Å². The number of rotatable bonds is 4. The number of nitrogens with zero attached hydrogens (tertiary/aromatic N) is 2. The second-order valence-corrected chi connectivity index (χ2v) is 7.58. The van der Waals surface area contributed by atoms with Gasteiger partial charge in [-0.05, 0) is 36.5 Å². The van der Waals surface area contributed by atoms with E-state index in [1.54, 1.807) is 0 Å². The third kappa shape index (κ3) is 3.36. The van der Waals surface area contributed by atoms with E-state index in [0.717, 1.165) is 42.5 Å². The lowest BCUT2D eigenvalue weighted by Crippen LogP contribution is -2.48. The third-order valence-corrected chi connectivity index (χ3v) is 5.79. The Morgan fingerprint density at radius 2 is 1.74 bits per heavy atom. The summed E-state index contributed by atoms with van der Waals surface area (Å²) in [6.45, 7) is 4.08. The number of hydrogen-bond acceptors (Lipinski definition) is 2. The highest BCUT2D eigenvalue weighted by atomic mass is 16.2. The molecule has 0 aliphatic carbocycles. The summed E-state index contributed by atoms with van der Waals surface area (Å²) in [6, 6.07) is 18.0. The Hall–Kier alpha value is -2.62. The Balaban J connectivity index is 1.64. The Morgan fingerprint density at radius 1 is 1.00 bits per heavy atom. The van der Waals surface area contributed by atoms with Crippen LogP contribution in [-0.2, 0) is 4.79 Å². The number of amides is 2. The second-order valence-electron chi connectivity index (χ2n) is 7.58. The van der Waals surface area contributed by atoms with Gasteiger partial charge in [-0.3, -0.25) is 9.59 Å². The van der Waals surface area contributed by atoms with Gasteiger partial charge in [-0.2, -0.15) is 0 Å². The molecule has 0 N–H and O–H groups in total. The quantitative estimate of drug-likeness (QED) is 0.829. The zero-order valence-electron chi connectivity index (χ0n) is 15.8. The van der Waals surface area contributed by atoms with Crippen molar-refractivity contribution in [1.29, 1.82) is 0 Å². The summed E-state index contributed by atoms with van der Waals surface area (Å²) in [7, 11) is 0. The van der Waals surface area contributed by atoms with Crippen LogP contribution in [0.4, 0.5) is 0 Å².